The van der Waals surface area contributed by atoms with E-state index >= 15 is 0 Å². The summed E-state index contributed by atoms with van der Waals surface area (Å²) in [7, 11) is 0. The van der Waals surface area contributed by atoms with Gasteiger partial charge in [0.05, 0.1) is 23.5 Å². The number of rotatable bonds is 5. The van der Waals surface area contributed by atoms with Crippen LogP contribution in [0, 0.1) is 0 Å². The summed E-state index contributed by atoms with van der Waals surface area (Å²) in [6, 6.07) is 12.1. The van der Waals surface area contributed by atoms with Crippen LogP contribution in [-0.2, 0) is 14.3 Å². The normalized spacial score (nSPS) is 13.9. The number of benzene rings is 2. The fourth-order valence-corrected chi connectivity index (χ4v) is 2.73. The van der Waals surface area contributed by atoms with Gasteiger partial charge < -0.3 is 15.2 Å². The molecule has 0 radical (unpaired) electrons. The highest BCUT2D eigenvalue weighted by Crippen LogP contribution is 2.32. The van der Waals surface area contributed by atoms with Crippen molar-refractivity contribution in [2.75, 3.05) is 16.8 Å². The number of halogens is 1. The van der Waals surface area contributed by atoms with Crippen molar-refractivity contribution in [2.24, 2.45) is 0 Å². The summed E-state index contributed by atoms with van der Waals surface area (Å²) in [5, 5.41) is 12.2. The van der Waals surface area contributed by atoms with E-state index in [1.165, 1.54) is 30.3 Å². The number of hydrogen-bond donors (Lipinski definition) is 2. The van der Waals surface area contributed by atoms with E-state index in [0.717, 1.165) is 4.90 Å². The molecule has 0 saturated heterocycles. The molecular formula is C19H15ClN2O5. The number of aromatic hydroxyl groups is 1. The van der Waals surface area contributed by atoms with E-state index in [2.05, 4.69) is 5.32 Å². The molecule has 0 aromatic heterocycles. The van der Waals surface area contributed by atoms with Crippen LogP contribution in [0.2, 0.25) is 0 Å². The molecule has 7 nitrogen and oxygen atoms in total. The zero-order valence-corrected chi connectivity index (χ0v) is 15.0. The molecule has 0 unspecified atom stereocenters. The van der Waals surface area contributed by atoms with Crippen molar-refractivity contribution >= 4 is 40.8 Å². The van der Waals surface area contributed by atoms with Crippen molar-refractivity contribution in [3.8, 4) is 5.75 Å². The minimum absolute atomic E-state index is 0.0908. The molecule has 2 aromatic carbocycles. The van der Waals surface area contributed by atoms with Crippen LogP contribution in [0.25, 0.3) is 0 Å². The van der Waals surface area contributed by atoms with Gasteiger partial charge in [0.2, 0.25) is 0 Å². The van der Waals surface area contributed by atoms with E-state index in [0.29, 0.717) is 5.56 Å². The molecule has 0 atom stereocenters. The van der Waals surface area contributed by atoms with Crippen LogP contribution >= 0.6 is 11.6 Å². The lowest BCUT2D eigenvalue weighted by molar-refractivity contribution is -0.120. The van der Waals surface area contributed by atoms with E-state index in [4.69, 9.17) is 16.3 Å². The van der Waals surface area contributed by atoms with E-state index in [9.17, 15) is 19.5 Å². The number of carbonyl (C=O) groups excluding carboxylic acids is 3. The molecular weight excluding hydrogens is 372 g/mol. The summed E-state index contributed by atoms with van der Waals surface area (Å²) < 4.78 is 4.90. The van der Waals surface area contributed by atoms with Crippen molar-refractivity contribution in [1.29, 1.82) is 0 Å². The number of esters is 1. The number of para-hydroxylation sites is 2. The maximum absolute atomic E-state index is 12.7. The van der Waals surface area contributed by atoms with Crippen LogP contribution in [0.4, 0.5) is 11.4 Å². The fraction of sp³-hybridized carbons (Fsp3) is 0.105. The second kappa shape index (κ2) is 7.51. The number of phenols is 1. The predicted octanol–water partition coefficient (Wildman–Crippen LogP) is 3.00. The highest BCUT2D eigenvalue weighted by molar-refractivity contribution is 6.53. The molecule has 2 N–H and O–H groups in total. The molecule has 1 aliphatic heterocycles. The van der Waals surface area contributed by atoms with Crippen LogP contribution in [-0.4, -0.2) is 29.5 Å². The van der Waals surface area contributed by atoms with Gasteiger partial charge in [-0.3, -0.25) is 9.59 Å². The molecule has 1 heterocycles. The van der Waals surface area contributed by atoms with Gasteiger partial charge in [-0.15, -0.1) is 0 Å². The van der Waals surface area contributed by atoms with Gasteiger partial charge >= 0.3 is 5.97 Å². The van der Waals surface area contributed by atoms with E-state index in [1.807, 2.05) is 0 Å². The number of amides is 2. The number of carbonyl (C=O) groups is 3. The highest BCUT2D eigenvalue weighted by atomic mass is 35.5. The van der Waals surface area contributed by atoms with Crippen molar-refractivity contribution < 1.29 is 24.2 Å². The summed E-state index contributed by atoms with van der Waals surface area (Å²) in [5.74, 6) is -1.96. The van der Waals surface area contributed by atoms with Gasteiger partial charge in [-0.05, 0) is 43.3 Å². The predicted molar refractivity (Wildman–Crippen MR) is 99.5 cm³/mol. The Morgan fingerprint density at radius 1 is 1.11 bits per heavy atom. The van der Waals surface area contributed by atoms with Crippen molar-refractivity contribution in [1.82, 2.24) is 0 Å². The standard InChI is InChI=1S/C19H15ClN2O5/c1-2-27-19(26)11-7-9-12(10-8-11)22-17(24)15(20)16(18(22)25)21-13-5-3-4-6-14(13)23/h3-10,21,23H,2H2,1H3. The number of imide groups is 1. The molecule has 3 rings (SSSR count). The Morgan fingerprint density at radius 3 is 2.41 bits per heavy atom. The molecule has 8 heteroatoms. The van der Waals surface area contributed by atoms with Gasteiger partial charge in [-0.1, -0.05) is 23.7 Å². The second-order valence-electron chi connectivity index (χ2n) is 5.54. The van der Waals surface area contributed by atoms with Crippen LogP contribution < -0.4 is 10.2 Å². The van der Waals surface area contributed by atoms with Gasteiger partial charge in [-0.25, -0.2) is 9.69 Å². The lowest BCUT2D eigenvalue weighted by Gasteiger charge is -2.15. The molecule has 0 bridgehead atoms. The molecule has 0 aliphatic carbocycles. The smallest absolute Gasteiger partial charge is 0.338 e. The van der Waals surface area contributed by atoms with Crippen molar-refractivity contribution in [3.63, 3.8) is 0 Å². The van der Waals surface area contributed by atoms with Gasteiger partial charge in [0, 0.05) is 0 Å². The van der Waals surface area contributed by atoms with Crippen LogP contribution in [0.3, 0.4) is 0 Å². The number of nitrogens with zero attached hydrogens (tertiary/aromatic N) is 1. The van der Waals surface area contributed by atoms with Crippen LogP contribution in [0.5, 0.6) is 5.75 Å². The Balaban J connectivity index is 1.85. The first-order chi connectivity index (χ1) is 12.9. The number of ether oxygens (including phenoxy) is 1. The average molecular weight is 387 g/mol. The van der Waals surface area contributed by atoms with E-state index in [-0.39, 0.29) is 34.5 Å². The van der Waals surface area contributed by atoms with Crippen LogP contribution in [0.1, 0.15) is 17.3 Å². The van der Waals surface area contributed by atoms with Crippen LogP contribution in [0.15, 0.2) is 59.3 Å². The highest BCUT2D eigenvalue weighted by Gasteiger charge is 2.39. The minimum atomic E-state index is -0.705. The third-order valence-electron chi connectivity index (χ3n) is 3.83. The Hall–Kier alpha value is -3.32. The monoisotopic (exact) mass is 386 g/mol. The summed E-state index contributed by atoms with van der Waals surface area (Å²) in [4.78, 5) is 37.7. The molecule has 27 heavy (non-hydrogen) atoms. The largest absolute Gasteiger partial charge is 0.506 e. The molecule has 0 fully saturated rings. The number of hydrogen-bond acceptors (Lipinski definition) is 6. The number of phenolic OH excluding ortho intramolecular Hbond substituents is 1. The SMILES string of the molecule is CCOC(=O)c1ccc(N2C(=O)C(Cl)=C(Nc3ccccc3O)C2=O)cc1. The summed E-state index contributed by atoms with van der Waals surface area (Å²) in [5.41, 5.74) is 0.653. The number of anilines is 2. The van der Waals surface area contributed by atoms with Crippen molar-refractivity contribution in [2.45, 2.75) is 6.92 Å². The maximum Gasteiger partial charge on any atom is 0.338 e. The second-order valence-corrected chi connectivity index (χ2v) is 5.92. The average Bonchev–Trinajstić information content (AvgIpc) is 2.87. The van der Waals surface area contributed by atoms with Gasteiger partial charge in [0.25, 0.3) is 11.8 Å². The third-order valence-corrected chi connectivity index (χ3v) is 4.18. The maximum atomic E-state index is 12.7. The third kappa shape index (κ3) is 3.50. The summed E-state index contributed by atoms with van der Waals surface area (Å²) in [6.07, 6.45) is 0. The Bertz CT molecular complexity index is 953. The quantitative estimate of drug-likeness (QED) is 0.466. The Labute approximate surface area is 159 Å². The lowest BCUT2D eigenvalue weighted by Crippen LogP contribution is -2.32. The van der Waals surface area contributed by atoms with Gasteiger partial charge in [0.15, 0.2) is 0 Å². The minimum Gasteiger partial charge on any atom is -0.506 e. The Morgan fingerprint density at radius 2 is 1.78 bits per heavy atom. The lowest BCUT2D eigenvalue weighted by atomic mass is 10.2. The molecule has 138 valence electrons. The van der Waals surface area contributed by atoms with Gasteiger partial charge in [0.1, 0.15) is 16.5 Å². The first kappa shape index (κ1) is 18.5. The zero-order chi connectivity index (χ0) is 19.6. The first-order valence-corrected chi connectivity index (χ1v) is 8.42. The van der Waals surface area contributed by atoms with Crippen molar-refractivity contribution in [3.05, 3.63) is 64.8 Å². The van der Waals surface area contributed by atoms with E-state index < -0.39 is 17.8 Å². The number of nitrogens with one attached hydrogen (secondary N) is 1. The summed E-state index contributed by atoms with van der Waals surface area (Å²) in [6.45, 7) is 1.94. The van der Waals surface area contributed by atoms with Gasteiger partial charge in [-0.2, -0.15) is 0 Å². The topological polar surface area (TPSA) is 95.9 Å². The molecule has 0 spiro atoms. The zero-order valence-electron chi connectivity index (χ0n) is 14.2. The fourth-order valence-electron chi connectivity index (χ4n) is 2.52. The molecule has 0 saturated carbocycles. The molecule has 1 aliphatic rings. The first-order valence-electron chi connectivity index (χ1n) is 8.04. The molecule has 2 aromatic rings. The summed E-state index contributed by atoms with van der Waals surface area (Å²) >= 11 is 6.04. The van der Waals surface area contributed by atoms with E-state index in [1.54, 1.807) is 25.1 Å². The Kier molecular flexibility index (Phi) is 5.14. The molecule has 2 amide bonds.